The fourth-order valence-corrected chi connectivity index (χ4v) is 6.85. The smallest absolute Gasteiger partial charge is 0.250 e. The minimum absolute atomic E-state index is 0.131. The second-order valence-corrected chi connectivity index (χ2v) is 9.57. The van der Waals surface area contributed by atoms with Gasteiger partial charge in [-0.2, -0.15) is 0 Å². The van der Waals surface area contributed by atoms with Crippen LogP contribution in [0.5, 0.6) is 0 Å². The number of aliphatic imine (C=N–C) groups is 1. The fourth-order valence-electron chi connectivity index (χ4n) is 6.85. The largest absolute Gasteiger partial charge is 0.312 e. The number of rotatable bonds is 2. The van der Waals surface area contributed by atoms with Gasteiger partial charge in [-0.3, -0.25) is 9.79 Å². The summed E-state index contributed by atoms with van der Waals surface area (Å²) in [5.41, 5.74) is 1.11. The van der Waals surface area contributed by atoms with Gasteiger partial charge in [0.25, 0.3) is 0 Å². The van der Waals surface area contributed by atoms with Crippen LogP contribution in [-0.2, 0) is 4.79 Å². The topological polar surface area (TPSA) is 41.5 Å². The van der Waals surface area contributed by atoms with Gasteiger partial charge in [-0.05, 0) is 61.2 Å². The quantitative estimate of drug-likeness (QED) is 0.829. The molecular weight excluding hydrogens is 260 g/mol. The van der Waals surface area contributed by atoms with E-state index in [0.717, 1.165) is 11.8 Å². The first-order chi connectivity index (χ1) is 9.73. The van der Waals surface area contributed by atoms with Gasteiger partial charge in [0.05, 0.1) is 0 Å². The Balaban J connectivity index is 1.72. The number of amidine groups is 1. The Hall–Kier alpha value is -0.860. The molecule has 4 fully saturated rings. The van der Waals surface area contributed by atoms with E-state index in [-0.39, 0.29) is 17.4 Å². The van der Waals surface area contributed by atoms with Crippen molar-refractivity contribution in [3.63, 3.8) is 0 Å². The lowest BCUT2D eigenvalue weighted by atomic mass is 9.40. The molecule has 1 heterocycles. The highest BCUT2D eigenvalue weighted by Crippen LogP contribution is 2.69. The van der Waals surface area contributed by atoms with Crippen LogP contribution < -0.4 is 5.32 Å². The molecule has 3 nitrogen and oxygen atoms in total. The molecule has 1 N–H and O–H groups in total. The molecule has 0 aromatic carbocycles. The molecule has 3 heteroatoms. The van der Waals surface area contributed by atoms with Crippen LogP contribution in [0.15, 0.2) is 4.99 Å². The normalized spacial score (nSPS) is 51.5. The number of carbonyl (C=O) groups is 1. The summed E-state index contributed by atoms with van der Waals surface area (Å²) < 4.78 is 0. The predicted octanol–water partition coefficient (Wildman–Crippen LogP) is 3.54. The molecule has 4 aliphatic carbocycles. The first kappa shape index (κ1) is 13.8. The van der Waals surface area contributed by atoms with Crippen molar-refractivity contribution < 1.29 is 4.79 Å². The van der Waals surface area contributed by atoms with E-state index in [1.165, 1.54) is 38.5 Å². The molecule has 3 atom stereocenters. The zero-order valence-corrected chi connectivity index (χ0v) is 13.8. The lowest BCUT2D eigenvalue weighted by Crippen LogP contribution is -2.59. The van der Waals surface area contributed by atoms with Crippen molar-refractivity contribution in [1.82, 2.24) is 5.32 Å². The lowest BCUT2D eigenvalue weighted by molar-refractivity contribution is -0.123. The molecule has 0 saturated heterocycles. The summed E-state index contributed by atoms with van der Waals surface area (Å²) >= 11 is 0. The Morgan fingerprint density at radius 1 is 1.10 bits per heavy atom. The number of carbonyl (C=O) groups excluding carboxylic acids is 1. The maximum absolute atomic E-state index is 12.3. The van der Waals surface area contributed by atoms with E-state index in [2.05, 4.69) is 33.0 Å². The van der Waals surface area contributed by atoms with Crippen molar-refractivity contribution in [3.8, 4) is 0 Å². The third-order valence-corrected chi connectivity index (χ3v) is 6.54. The Morgan fingerprint density at radius 3 is 2.19 bits per heavy atom. The van der Waals surface area contributed by atoms with E-state index < -0.39 is 0 Å². The minimum Gasteiger partial charge on any atom is -0.312 e. The monoisotopic (exact) mass is 288 g/mol. The third-order valence-electron chi connectivity index (χ3n) is 6.54. The molecule has 4 saturated carbocycles. The van der Waals surface area contributed by atoms with Crippen molar-refractivity contribution in [2.24, 2.45) is 33.1 Å². The molecule has 0 radical (unpaired) electrons. The summed E-state index contributed by atoms with van der Waals surface area (Å²) in [6.07, 6.45) is 7.86. The molecular formula is C18H28N2O. The fraction of sp³-hybridized carbons (Fsp3) is 0.889. The Bertz CT molecular complexity index is 517. The first-order valence-electron chi connectivity index (χ1n) is 8.62. The van der Waals surface area contributed by atoms with Crippen molar-refractivity contribution >= 4 is 11.7 Å². The van der Waals surface area contributed by atoms with E-state index in [4.69, 9.17) is 4.99 Å². The highest BCUT2D eigenvalue weighted by atomic mass is 16.2. The Labute approximate surface area is 128 Å². The van der Waals surface area contributed by atoms with Gasteiger partial charge in [-0.15, -0.1) is 0 Å². The standard InChI is InChI=1S/C18H28N2O/c1-11(2)13-14(21)20-15(19-13)18-7-12-5-16(3,9-18)8-17(4,6-12)10-18/h11-13H,5-10H2,1-4H3,(H,19,20,21). The van der Waals surface area contributed by atoms with Gasteiger partial charge < -0.3 is 5.32 Å². The summed E-state index contributed by atoms with van der Waals surface area (Å²) in [6.45, 7) is 9.14. The lowest BCUT2D eigenvalue weighted by Gasteiger charge is -2.65. The van der Waals surface area contributed by atoms with Crippen molar-refractivity contribution in [2.75, 3.05) is 0 Å². The third kappa shape index (κ3) is 1.92. The number of nitrogens with one attached hydrogen (secondary N) is 1. The van der Waals surface area contributed by atoms with Crippen molar-refractivity contribution in [3.05, 3.63) is 0 Å². The molecule has 0 spiro atoms. The van der Waals surface area contributed by atoms with Gasteiger partial charge in [0, 0.05) is 5.41 Å². The summed E-state index contributed by atoms with van der Waals surface area (Å²) in [7, 11) is 0. The summed E-state index contributed by atoms with van der Waals surface area (Å²) in [4.78, 5) is 17.1. The second-order valence-electron chi connectivity index (χ2n) is 9.57. The minimum atomic E-state index is -0.159. The van der Waals surface area contributed by atoms with Gasteiger partial charge >= 0.3 is 0 Å². The molecule has 0 aromatic rings. The van der Waals surface area contributed by atoms with Crippen LogP contribution in [0, 0.1) is 28.1 Å². The molecule has 4 bridgehead atoms. The van der Waals surface area contributed by atoms with Gasteiger partial charge in [-0.25, -0.2) is 0 Å². The number of amides is 1. The van der Waals surface area contributed by atoms with Gasteiger partial charge in [0.15, 0.2) is 0 Å². The summed E-state index contributed by atoms with van der Waals surface area (Å²) in [5, 5.41) is 3.19. The van der Waals surface area contributed by atoms with Crippen LogP contribution in [0.1, 0.15) is 66.2 Å². The van der Waals surface area contributed by atoms with Crippen molar-refractivity contribution in [1.29, 1.82) is 0 Å². The van der Waals surface area contributed by atoms with Crippen LogP contribution in [0.25, 0.3) is 0 Å². The van der Waals surface area contributed by atoms with Crippen LogP contribution in [0.3, 0.4) is 0 Å². The molecule has 0 aromatic heterocycles. The second kappa shape index (κ2) is 3.91. The number of nitrogens with zero attached hydrogens (tertiary/aromatic N) is 1. The van der Waals surface area contributed by atoms with Gasteiger partial charge in [-0.1, -0.05) is 27.7 Å². The molecule has 5 aliphatic rings. The van der Waals surface area contributed by atoms with Crippen LogP contribution in [-0.4, -0.2) is 17.8 Å². The molecule has 21 heavy (non-hydrogen) atoms. The van der Waals surface area contributed by atoms with Gasteiger partial charge in [0.2, 0.25) is 5.91 Å². The highest BCUT2D eigenvalue weighted by molar-refractivity contribution is 6.08. The molecule has 5 rings (SSSR count). The van der Waals surface area contributed by atoms with E-state index >= 15 is 0 Å². The van der Waals surface area contributed by atoms with Crippen LogP contribution in [0.2, 0.25) is 0 Å². The maximum atomic E-state index is 12.3. The van der Waals surface area contributed by atoms with E-state index in [1.807, 2.05) is 0 Å². The SMILES string of the molecule is CC(C)C1N=C(C23CC4CC(C)(CC(C)(C4)C2)C3)NC1=O. The molecule has 1 aliphatic heterocycles. The van der Waals surface area contributed by atoms with Crippen LogP contribution >= 0.6 is 0 Å². The maximum Gasteiger partial charge on any atom is 0.250 e. The van der Waals surface area contributed by atoms with Crippen molar-refractivity contribution in [2.45, 2.75) is 72.3 Å². The average Bonchev–Trinajstić information content (AvgIpc) is 2.67. The predicted molar refractivity (Wildman–Crippen MR) is 84.0 cm³/mol. The van der Waals surface area contributed by atoms with E-state index in [9.17, 15) is 4.79 Å². The molecule has 3 unspecified atom stereocenters. The van der Waals surface area contributed by atoms with Gasteiger partial charge in [0.1, 0.15) is 11.9 Å². The Morgan fingerprint density at radius 2 is 1.71 bits per heavy atom. The number of hydrogen-bond donors (Lipinski definition) is 1. The average molecular weight is 288 g/mol. The Kier molecular flexibility index (Phi) is 2.56. The molecule has 116 valence electrons. The zero-order chi connectivity index (χ0) is 15.0. The van der Waals surface area contributed by atoms with E-state index in [0.29, 0.717) is 16.7 Å². The molecule has 1 amide bonds. The van der Waals surface area contributed by atoms with Crippen LogP contribution in [0.4, 0.5) is 0 Å². The highest BCUT2D eigenvalue weighted by Gasteiger charge is 2.62. The summed E-state index contributed by atoms with van der Waals surface area (Å²) in [5.74, 6) is 2.32. The summed E-state index contributed by atoms with van der Waals surface area (Å²) in [6, 6.07) is -0.159. The first-order valence-corrected chi connectivity index (χ1v) is 8.62. The zero-order valence-electron chi connectivity index (χ0n) is 13.8. The number of hydrogen-bond acceptors (Lipinski definition) is 2. The van der Waals surface area contributed by atoms with E-state index in [1.54, 1.807) is 0 Å².